The molecule has 3 aliphatic rings. The minimum atomic E-state index is -1.42. The van der Waals surface area contributed by atoms with Crippen molar-refractivity contribution in [3.63, 3.8) is 0 Å². The Morgan fingerprint density at radius 1 is 0.232 bits per heavy atom. The first kappa shape index (κ1) is 73.3. The van der Waals surface area contributed by atoms with Crippen molar-refractivity contribution in [1.82, 2.24) is 0 Å². The largest absolute Gasteiger partial charge is 0.488 e. The van der Waals surface area contributed by atoms with Gasteiger partial charge in [0.2, 0.25) is 0 Å². The Morgan fingerprint density at radius 3 is 0.777 bits per heavy atom. The minimum absolute atomic E-state index is 0.00763. The summed E-state index contributed by atoms with van der Waals surface area (Å²) in [7, 11) is -1.42. The molecule has 0 bridgehead atoms. The van der Waals surface area contributed by atoms with Gasteiger partial charge in [0, 0.05) is 25.2 Å². The maximum Gasteiger partial charge on any atom is 0.488 e. The molecule has 550 valence electrons. The molecule has 0 heterocycles. The molecule has 0 unspecified atom stereocenters. The number of rotatable bonds is 10. The van der Waals surface area contributed by atoms with Gasteiger partial charge in [-0.1, -0.05) is 359 Å². The summed E-state index contributed by atoms with van der Waals surface area (Å²) in [5.74, 6) is 1.74. The normalized spacial score (nSPS) is 14.0. The summed E-state index contributed by atoms with van der Waals surface area (Å²) in [4.78, 5) is 0. The average Bonchev–Trinajstić information content (AvgIpc) is 0.902. The highest BCUT2D eigenvalue weighted by atomic mass is 79.9. The van der Waals surface area contributed by atoms with Gasteiger partial charge in [0.15, 0.2) is 0 Å². The summed E-state index contributed by atoms with van der Waals surface area (Å²) < 4.78 is 2.39. The SMILES string of the molecule is CC(C)c1cc(-c2ccc(-c3ccc4c(c3)-c3ccccc3C4(C)C)cc2)c2ccc3c(C(C)C)cc(-c4ccc(-c5ccc6c(c5)-c5ccccc5C6(C)C)cc4)c4ccc1c2c43.CC(C)c1cc(Br)c2ccc3c(C(C)C)cc(Br)c4ccc1c2c43.CC1(C)c2ccccc2-c2cc(-c3ccc(B(O)O)cc3)ccc21. The van der Waals surface area contributed by atoms with E-state index < -0.39 is 7.12 Å². The standard InChI is InChI=1S/C64H54.C22H20Br2.C21H19BO2/c1-37(2)51-35-53(41-21-17-39(18-22-41)43-25-31-59-55(33-43)45-13-9-11-15-57(45)63(59,5)6)49-30-28-48-52(38(3)4)36-54(50-29-27-47(51)61(49)62(48)50)42-23-19-40(20-24-42)44-26-32-60-56(34-44)46-14-10-12-16-58(46)64(60,7)8;1-11(2)17-9-19(23)15-8-6-14-18(12(3)4)10-20(24)16-7-5-13(17)21(15)22(14)16;1-21(2)19-6-4-3-5-17(19)18-13-15(9-12-20(18)21)14-7-10-16(11-8-14)22(23)24/h9-38H,1-8H3;5-12H,1-4H3;3-13,23-24H,1-2H3. The Labute approximate surface area is 677 Å². The molecule has 20 rings (SSSR count). The van der Waals surface area contributed by atoms with Crippen LogP contribution in [0.1, 0.15) is 176 Å². The Kier molecular flexibility index (Phi) is 18.0. The molecule has 3 aliphatic carbocycles. The first-order chi connectivity index (χ1) is 53.8. The van der Waals surface area contributed by atoms with Crippen LogP contribution in [0, 0.1) is 0 Å². The van der Waals surface area contributed by atoms with Crippen molar-refractivity contribution in [2.45, 2.75) is 137 Å². The van der Waals surface area contributed by atoms with Gasteiger partial charge in [-0.25, -0.2) is 0 Å². The Hall–Kier alpha value is -10.2. The van der Waals surface area contributed by atoms with E-state index in [2.05, 4.69) is 378 Å². The van der Waals surface area contributed by atoms with Crippen LogP contribution in [0.4, 0.5) is 0 Å². The number of hydrogen-bond acceptors (Lipinski definition) is 2. The van der Waals surface area contributed by atoms with Crippen molar-refractivity contribution in [1.29, 1.82) is 0 Å². The maximum atomic E-state index is 9.23. The summed E-state index contributed by atoms with van der Waals surface area (Å²) in [6, 6.07) is 102. The van der Waals surface area contributed by atoms with Crippen LogP contribution >= 0.6 is 31.9 Å². The Bertz CT molecular complexity index is 6300. The molecule has 0 atom stereocenters. The molecule has 0 saturated carbocycles. The van der Waals surface area contributed by atoms with Crippen molar-refractivity contribution >= 4 is 109 Å². The van der Waals surface area contributed by atoms with Gasteiger partial charge in [-0.15, -0.1) is 0 Å². The van der Waals surface area contributed by atoms with Crippen LogP contribution in [0.2, 0.25) is 0 Å². The van der Waals surface area contributed by atoms with E-state index in [9.17, 15) is 10.0 Å². The molecule has 0 amide bonds. The number of fused-ring (bicyclic) bond motifs is 9. The molecule has 0 aromatic heterocycles. The lowest BCUT2D eigenvalue weighted by Gasteiger charge is -2.23. The molecule has 2 nitrogen and oxygen atoms in total. The zero-order chi connectivity index (χ0) is 77.9. The van der Waals surface area contributed by atoms with Crippen molar-refractivity contribution in [2.24, 2.45) is 0 Å². The van der Waals surface area contributed by atoms with Crippen LogP contribution in [0.3, 0.4) is 0 Å². The molecule has 5 heteroatoms. The van der Waals surface area contributed by atoms with Crippen molar-refractivity contribution < 1.29 is 10.0 Å². The molecule has 17 aromatic carbocycles. The molecule has 2 N–H and O–H groups in total. The summed E-state index contributed by atoms with van der Waals surface area (Å²) in [5.41, 5.74) is 35.0. The van der Waals surface area contributed by atoms with Crippen LogP contribution in [0.15, 0.2) is 282 Å². The molecular formula is C107H93BBr2O2. The van der Waals surface area contributed by atoms with Gasteiger partial charge < -0.3 is 10.0 Å². The van der Waals surface area contributed by atoms with Gasteiger partial charge in [-0.05, 0) is 281 Å². The molecule has 0 radical (unpaired) electrons. The zero-order valence-electron chi connectivity index (χ0n) is 66.5. The second-order valence-corrected chi connectivity index (χ2v) is 36.3. The van der Waals surface area contributed by atoms with E-state index in [1.165, 1.54) is 207 Å². The van der Waals surface area contributed by atoms with Crippen LogP contribution < -0.4 is 5.46 Å². The lowest BCUT2D eigenvalue weighted by atomic mass is 9.79. The lowest BCUT2D eigenvalue weighted by Crippen LogP contribution is -2.29. The van der Waals surface area contributed by atoms with Gasteiger partial charge in [0.1, 0.15) is 0 Å². The van der Waals surface area contributed by atoms with Gasteiger partial charge in [-0.2, -0.15) is 0 Å². The summed E-state index contributed by atoms with van der Waals surface area (Å²) in [6.45, 7) is 32.4. The monoisotopic (exact) mass is 1580 g/mol. The lowest BCUT2D eigenvalue weighted by molar-refractivity contribution is 0.426. The highest BCUT2D eigenvalue weighted by Gasteiger charge is 2.38. The van der Waals surface area contributed by atoms with Crippen LogP contribution in [-0.4, -0.2) is 17.2 Å². The van der Waals surface area contributed by atoms with Crippen molar-refractivity contribution in [3.8, 4) is 89.0 Å². The van der Waals surface area contributed by atoms with E-state index in [4.69, 9.17) is 0 Å². The fourth-order valence-corrected chi connectivity index (χ4v) is 20.8. The second kappa shape index (κ2) is 27.6. The first-order valence-electron chi connectivity index (χ1n) is 40.1. The predicted molar refractivity (Wildman–Crippen MR) is 488 cm³/mol. The maximum absolute atomic E-state index is 9.23. The van der Waals surface area contributed by atoms with E-state index in [1.54, 1.807) is 12.1 Å². The molecule has 0 spiro atoms. The van der Waals surface area contributed by atoms with Gasteiger partial charge in [0.25, 0.3) is 0 Å². The van der Waals surface area contributed by atoms with Gasteiger partial charge >= 0.3 is 7.12 Å². The highest BCUT2D eigenvalue weighted by molar-refractivity contribution is 9.11. The van der Waals surface area contributed by atoms with Crippen LogP contribution in [-0.2, 0) is 16.2 Å². The molecule has 0 aliphatic heterocycles. The molecule has 0 saturated heterocycles. The van der Waals surface area contributed by atoms with E-state index in [0.29, 0.717) is 29.1 Å². The number of benzene rings is 17. The third kappa shape index (κ3) is 11.8. The number of halogens is 2. The molecule has 17 aromatic rings. The van der Waals surface area contributed by atoms with Crippen LogP contribution in [0.5, 0.6) is 0 Å². The molecule has 0 fully saturated rings. The Balaban J connectivity index is 0.000000148. The zero-order valence-corrected chi connectivity index (χ0v) is 69.7. The summed E-state index contributed by atoms with van der Waals surface area (Å²) in [5, 5.41) is 34.8. The topological polar surface area (TPSA) is 40.5 Å². The molecule has 112 heavy (non-hydrogen) atoms. The fourth-order valence-electron chi connectivity index (χ4n) is 19.6. The van der Waals surface area contributed by atoms with Gasteiger partial charge in [0.05, 0.1) is 0 Å². The van der Waals surface area contributed by atoms with Crippen molar-refractivity contribution in [3.05, 3.63) is 338 Å². The fraction of sp³-hybridized carbons (Fsp3) is 0.196. The van der Waals surface area contributed by atoms with E-state index in [1.807, 2.05) is 12.1 Å². The first-order valence-corrected chi connectivity index (χ1v) is 41.7. The van der Waals surface area contributed by atoms with Crippen LogP contribution in [0.25, 0.3) is 154 Å². The highest BCUT2D eigenvalue weighted by Crippen LogP contribution is 2.55. The Morgan fingerprint density at radius 2 is 0.473 bits per heavy atom. The quantitative estimate of drug-likeness (QED) is 0.106. The third-order valence-corrected chi connectivity index (χ3v) is 27.0. The summed E-state index contributed by atoms with van der Waals surface area (Å²) >= 11 is 7.63. The van der Waals surface area contributed by atoms with Gasteiger partial charge in [-0.3, -0.25) is 0 Å². The van der Waals surface area contributed by atoms with E-state index in [-0.39, 0.29) is 16.2 Å². The minimum Gasteiger partial charge on any atom is -0.423 e. The summed E-state index contributed by atoms with van der Waals surface area (Å²) in [6.07, 6.45) is 0. The van der Waals surface area contributed by atoms with E-state index in [0.717, 1.165) is 11.1 Å². The predicted octanol–water partition coefficient (Wildman–Crippen LogP) is 29.8. The average molecular weight is 1580 g/mol. The van der Waals surface area contributed by atoms with Crippen molar-refractivity contribution in [2.75, 3.05) is 0 Å². The number of hydrogen-bond donors (Lipinski definition) is 2. The molecular weight excluding hydrogens is 1490 g/mol. The second-order valence-electron chi connectivity index (χ2n) is 34.6. The smallest absolute Gasteiger partial charge is 0.423 e. The van der Waals surface area contributed by atoms with E-state index >= 15 is 0 Å². The third-order valence-electron chi connectivity index (χ3n) is 25.7.